The van der Waals surface area contributed by atoms with Crippen LogP contribution in [0.1, 0.15) is 32.8 Å². The summed E-state index contributed by atoms with van der Waals surface area (Å²) >= 11 is 0. The number of carbonyl (C=O) groups is 1. The number of halogens is 1. The number of hydrogen-bond acceptors (Lipinski definition) is 4. The third-order valence-electron chi connectivity index (χ3n) is 5.65. The molecule has 1 saturated carbocycles. The molecule has 6 heteroatoms. The zero-order valence-electron chi connectivity index (χ0n) is 16.5. The predicted octanol–water partition coefficient (Wildman–Crippen LogP) is 3.88. The van der Waals surface area contributed by atoms with Gasteiger partial charge >= 0.3 is 0 Å². The molecule has 3 rings (SSSR count). The van der Waals surface area contributed by atoms with Crippen LogP contribution in [-0.4, -0.2) is 24.2 Å². The number of anilines is 1. The van der Waals surface area contributed by atoms with Crippen LogP contribution in [0.5, 0.6) is 5.75 Å². The Morgan fingerprint density at radius 2 is 1.96 bits per heavy atom. The number of amides is 1. The number of ether oxygens (including phenoxy) is 2. The molecule has 28 heavy (non-hydrogen) atoms. The third-order valence-corrected chi connectivity index (χ3v) is 5.65. The van der Waals surface area contributed by atoms with Crippen LogP contribution >= 0.6 is 0 Å². The van der Waals surface area contributed by atoms with Crippen LogP contribution in [0.25, 0.3) is 0 Å². The Morgan fingerprint density at radius 3 is 2.61 bits per heavy atom. The Hall–Kier alpha value is -2.44. The first kappa shape index (κ1) is 20.3. The highest BCUT2D eigenvalue weighted by Crippen LogP contribution is 2.50. The Balaban J connectivity index is 1.63. The van der Waals surface area contributed by atoms with E-state index in [-0.39, 0.29) is 17.8 Å². The maximum Gasteiger partial charge on any atom is 0.245 e. The van der Waals surface area contributed by atoms with Gasteiger partial charge in [0.2, 0.25) is 5.91 Å². The summed E-state index contributed by atoms with van der Waals surface area (Å²) in [5, 5.41) is 2.90. The summed E-state index contributed by atoms with van der Waals surface area (Å²) in [5.41, 5.74) is 6.45. The van der Waals surface area contributed by atoms with E-state index >= 15 is 0 Å². The molecule has 1 fully saturated rings. The van der Waals surface area contributed by atoms with Gasteiger partial charge in [-0.15, -0.1) is 0 Å². The lowest BCUT2D eigenvalue weighted by molar-refractivity contribution is -0.166. The van der Waals surface area contributed by atoms with Gasteiger partial charge in [-0.3, -0.25) is 4.79 Å². The molecule has 0 bridgehead atoms. The standard InChI is InChI=1S/C22H27FN2O3/c1-4-27-19-13-22(24,21(19,2)3)20(26)25-17-6-5-7-18(12-17)28-14-15-8-10-16(23)11-9-15/h5-12,19H,4,13-14,24H2,1-3H3,(H,25,26). The summed E-state index contributed by atoms with van der Waals surface area (Å²) in [4.78, 5) is 12.8. The van der Waals surface area contributed by atoms with Gasteiger partial charge in [-0.1, -0.05) is 32.0 Å². The van der Waals surface area contributed by atoms with Crippen LogP contribution in [0.2, 0.25) is 0 Å². The molecule has 150 valence electrons. The van der Waals surface area contributed by atoms with Gasteiger partial charge in [-0.05, 0) is 36.8 Å². The van der Waals surface area contributed by atoms with Crippen molar-refractivity contribution < 1.29 is 18.7 Å². The molecule has 0 heterocycles. The highest BCUT2D eigenvalue weighted by molar-refractivity contribution is 5.99. The number of benzene rings is 2. The zero-order chi connectivity index (χ0) is 20.4. The molecule has 2 atom stereocenters. The van der Waals surface area contributed by atoms with Crippen molar-refractivity contribution in [2.75, 3.05) is 11.9 Å². The van der Waals surface area contributed by atoms with E-state index in [1.807, 2.05) is 20.8 Å². The van der Waals surface area contributed by atoms with Crippen LogP contribution in [-0.2, 0) is 16.1 Å². The average Bonchev–Trinajstić information content (AvgIpc) is 2.67. The van der Waals surface area contributed by atoms with E-state index in [2.05, 4.69) is 5.32 Å². The van der Waals surface area contributed by atoms with Gasteiger partial charge in [0.15, 0.2) is 0 Å². The summed E-state index contributed by atoms with van der Waals surface area (Å²) in [7, 11) is 0. The molecule has 5 nitrogen and oxygen atoms in total. The smallest absolute Gasteiger partial charge is 0.245 e. The zero-order valence-corrected chi connectivity index (χ0v) is 16.5. The van der Waals surface area contributed by atoms with E-state index in [1.54, 1.807) is 36.4 Å². The fraction of sp³-hybridized carbons (Fsp3) is 0.409. The van der Waals surface area contributed by atoms with E-state index in [0.717, 1.165) is 5.56 Å². The topological polar surface area (TPSA) is 73.6 Å². The lowest BCUT2D eigenvalue weighted by atomic mass is 9.54. The second-order valence-corrected chi connectivity index (χ2v) is 7.74. The fourth-order valence-corrected chi connectivity index (χ4v) is 3.47. The molecule has 0 aromatic heterocycles. The van der Waals surface area contributed by atoms with Crippen molar-refractivity contribution in [3.05, 3.63) is 59.9 Å². The minimum Gasteiger partial charge on any atom is -0.489 e. The number of nitrogens with two attached hydrogens (primary N) is 1. The quantitative estimate of drug-likeness (QED) is 0.757. The van der Waals surface area contributed by atoms with Crippen LogP contribution in [0.15, 0.2) is 48.5 Å². The van der Waals surface area contributed by atoms with Crippen LogP contribution in [0.4, 0.5) is 10.1 Å². The van der Waals surface area contributed by atoms with Crippen molar-refractivity contribution in [1.29, 1.82) is 0 Å². The first-order valence-electron chi connectivity index (χ1n) is 9.45. The van der Waals surface area contributed by atoms with Crippen molar-refractivity contribution >= 4 is 11.6 Å². The maximum absolute atomic E-state index is 13.0. The molecule has 2 unspecified atom stereocenters. The SMILES string of the molecule is CCOC1CC(N)(C(=O)Nc2cccc(OCc3ccc(F)cc3)c2)C1(C)C. The van der Waals surface area contributed by atoms with E-state index < -0.39 is 11.0 Å². The van der Waals surface area contributed by atoms with Crippen molar-refractivity contribution in [1.82, 2.24) is 0 Å². The van der Waals surface area contributed by atoms with E-state index in [4.69, 9.17) is 15.2 Å². The van der Waals surface area contributed by atoms with E-state index in [1.165, 1.54) is 12.1 Å². The summed E-state index contributed by atoms with van der Waals surface area (Å²) in [5.74, 6) is 0.0899. The lowest BCUT2D eigenvalue weighted by Gasteiger charge is -2.57. The second kappa shape index (κ2) is 7.89. The normalized spacial score (nSPS) is 23.0. The Labute approximate surface area is 165 Å². The molecule has 0 spiro atoms. The first-order valence-corrected chi connectivity index (χ1v) is 9.45. The predicted molar refractivity (Wildman–Crippen MR) is 107 cm³/mol. The van der Waals surface area contributed by atoms with Crippen LogP contribution in [0.3, 0.4) is 0 Å². The summed E-state index contributed by atoms with van der Waals surface area (Å²) < 4.78 is 24.4. The molecule has 1 amide bonds. The van der Waals surface area contributed by atoms with Crippen LogP contribution in [0, 0.1) is 11.2 Å². The molecule has 0 radical (unpaired) electrons. The highest BCUT2D eigenvalue weighted by atomic mass is 19.1. The van der Waals surface area contributed by atoms with Crippen molar-refractivity contribution in [2.24, 2.45) is 11.1 Å². The Morgan fingerprint density at radius 1 is 1.25 bits per heavy atom. The van der Waals surface area contributed by atoms with Gasteiger partial charge in [0.25, 0.3) is 0 Å². The lowest BCUT2D eigenvalue weighted by Crippen LogP contribution is -2.74. The largest absolute Gasteiger partial charge is 0.489 e. The summed E-state index contributed by atoms with van der Waals surface area (Å²) in [6.45, 7) is 6.75. The molecule has 0 saturated heterocycles. The molecule has 2 aromatic rings. The molecule has 3 N–H and O–H groups in total. The molecular weight excluding hydrogens is 359 g/mol. The number of nitrogens with one attached hydrogen (secondary N) is 1. The molecule has 0 aliphatic heterocycles. The molecular formula is C22H27FN2O3. The molecule has 2 aromatic carbocycles. The second-order valence-electron chi connectivity index (χ2n) is 7.74. The van der Waals surface area contributed by atoms with Crippen LogP contribution < -0.4 is 15.8 Å². The van der Waals surface area contributed by atoms with Gasteiger partial charge in [0, 0.05) is 30.2 Å². The van der Waals surface area contributed by atoms with Gasteiger partial charge in [-0.25, -0.2) is 4.39 Å². The van der Waals surface area contributed by atoms with Gasteiger partial charge in [0.1, 0.15) is 23.7 Å². The fourth-order valence-electron chi connectivity index (χ4n) is 3.47. The van der Waals surface area contributed by atoms with E-state index in [9.17, 15) is 9.18 Å². The minimum atomic E-state index is -0.988. The third kappa shape index (κ3) is 3.88. The Bertz CT molecular complexity index is 838. The molecule has 1 aliphatic rings. The number of carbonyl (C=O) groups excluding carboxylic acids is 1. The minimum absolute atomic E-state index is 0.0290. The average molecular weight is 386 g/mol. The Kier molecular flexibility index (Phi) is 5.72. The summed E-state index contributed by atoms with van der Waals surface area (Å²) in [6, 6.07) is 13.3. The van der Waals surface area contributed by atoms with Crippen molar-refractivity contribution in [3.63, 3.8) is 0 Å². The number of hydrogen-bond donors (Lipinski definition) is 2. The monoisotopic (exact) mass is 386 g/mol. The van der Waals surface area contributed by atoms with Crippen molar-refractivity contribution in [2.45, 2.75) is 45.4 Å². The maximum atomic E-state index is 13.0. The van der Waals surface area contributed by atoms with Gasteiger partial charge < -0.3 is 20.5 Å². The van der Waals surface area contributed by atoms with Gasteiger partial charge in [-0.2, -0.15) is 0 Å². The molecule has 1 aliphatic carbocycles. The van der Waals surface area contributed by atoms with E-state index in [0.29, 0.717) is 31.1 Å². The highest BCUT2D eigenvalue weighted by Gasteiger charge is 2.62. The number of rotatable bonds is 7. The van der Waals surface area contributed by atoms with Gasteiger partial charge in [0.05, 0.1) is 6.10 Å². The van der Waals surface area contributed by atoms with Crippen molar-refractivity contribution in [3.8, 4) is 5.75 Å². The first-order chi connectivity index (χ1) is 13.3. The summed E-state index contributed by atoms with van der Waals surface area (Å²) in [6.07, 6.45) is 0.457.